The average molecular weight is 398 g/mol. The van der Waals surface area contributed by atoms with E-state index in [1.807, 2.05) is 43.3 Å². The van der Waals surface area contributed by atoms with E-state index in [2.05, 4.69) is 4.90 Å². The molecule has 0 unspecified atom stereocenters. The maximum atomic E-state index is 12.3. The van der Waals surface area contributed by atoms with Crippen LogP contribution in [0.2, 0.25) is 0 Å². The Morgan fingerprint density at radius 1 is 0.931 bits per heavy atom. The molecule has 2 aromatic rings. The lowest BCUT2D eigenvalue weighted by Gasteiger charge is -2.36. The van der Waals surface area contributed by atoms with E-state index in [-0.39, 0.29) is 19.1 Å². The number of esters is 1. The molecule has 0 atom stereocenters. The highest BCUT2D eigenvalue weighted by atomic mass is 16.6. The quantitative estimate of drug-likeness (QED) is 0.667. The van der Waals surface area contributed by atoms with Crippen LogP contribution in [0.5, 0.6) is 11.5 Å². The Hall–Kier alpha value is -3.22. The molecule has 0 bridgehead atoms. The van der Waals surface area contributed by atoms with Gasteiger partial charge in [0.15, 0.2) is 13.2 Å². The number of nitrogens with zero attached hydrogens (tertiary/aromatic N) is 2. The molecule has 0 radical (unpaired) electrons. The van der Waals surface area contributed by atoms with Crippen molar-refractivity contribution >= 4 is 17.6 Å². The second kappa shape index (κ2) is 9.82. The van der Waals surface area contributed by atoms with Crippen LogP contribution >= 0.6 is 0 Å². The molecule has 0 spiro atoms. The zero-order valence-electron chi connectivity index (χ0n) is 16.8. The highest BCUT2D eigenvalue weighted by molar-refractivity contribution is 5.81. The molecule has 0 aromatic heterocycles. The normalized spacial score (nSPS) is 13.7. The van der Waals surface area contributed by atoms with Gasteiger partial charge in [0.2, 0.25) is 0 Å². The van der Waals surface area contributed by atoms with Gasteiger partial charge in [0.1, 0.15) is 11.5 Å². The average Bonchev–Trinajstić information content (AvgIpc) is 2.77. The molecule has 7 nitrogen and oxygen atoms in total. The summed E-state index contributed by atoms with van der Waals surface area (Å²) >= 11 is 0. The number of amides is 1. The number of carbonyl (C=O) groups excluding carboxylic acids is 2. The fraction of sp³-hybridized carbons (Fsp3) is 0.364. The number of aryl methyl sites for hydroxylation is 1. The lowest BCUT2D eigenvalue weighted by Crippen LogP contribution is -2.50. The van der Waals surface area contributed by atoms with Crippen molar-refractivity contribution < 1.29 is 23.8 Å². The summed E-state index contributed by atoms with van der Waals surface area (Å²) in [5.41, 5.74) is 2.12. The summed E-state index contributed by atoms with van der Waals surface area (Å²) in [6.07, 6.45) is 0. The van der Waals surface area contributed by atoms with Gasteiger partial charge in [-0.2, -0.15) is 0 Å². The minimum Gasteiger partial charge on any atom is -0.495 e. The first-order chi connectivity index (χ1) is 14.1. The van der Waals surface area contributed by atoms with Crippen LogP contribution < -0.4 is 14.4 Å². The smallest absolute Gasteiger partial charge is 0.344 e. The lowest BCUT2D eigenvalue weighted by molar-refractivity contribution is -0.153. The largest absolute Gasteiger partial charge is 0.495 e. The molecule has 1 fully saturated rings. The van der Waals surface area contributed by atoms with E-state index in [4.69, 9.17) is 14.2 Å². The van der Waals surface area contributed by atoms with Crippen LogP contribution in [0.4, 0.5) is 5.69 Å². The van der Waals surface area contributed by atoms with E-state index in [1.165, 1.54) is 0 Å². The molecular weight excluding hydrogens is 372 g/mol. The van der Waals surface area contributed by atoms with Gasteiger partial charge in [-0.15, -0.1) is 0 Å². The lowest BCUT2D eigenvalue weighted by atomic mass is 10.2. The number of piperazine rings is 1. The second-order valence-electron chi connectivity index (χ2n) is 6.80. The molecule has 1 heterocycles. The zero-order valence-corrected chi connectivity index (χ0v) is 16.8. The Balaban J connectivity index is 1.40. The van der Waals surface area contributed by atoms with Crippen molar-refractivity contribution in [3.05, 3.63) is 54.1 Å². The molecule has 1 amide bonds. The van der Waals surface area contributed by atoms with E-state index in [0.717, 1.165) is 17.0 Å². The minimum atomic E-state index is -0.563. The van der Waals surface area contributed by atoms with E-state index >= 15 is 0 Å². The third kappa shape index (κ3) is 5.63. The van der Waals surface area contributed by atoms with Crippen molar-refractivity contribution in [2.75, 3.05) is 51.4 Å². The first kappa shape index (κ1) is 20.5. The van der Waals surface area contributed by atoms with Gasteiger partial charge in [-0.3, -0.25) is 4.79 Å². The van der Waals surface area contributed by atoms with Crippen molar-refractivity contribution in [3.63, 3.8) is 0 Å². The fourth-order valence-corrected chi connectivity index (χ4v) is 3.14. The molecular formula is C22H26N2O5. The molecule has 29 heavy (non-hydrogen) atoms. The van der Waals surface area contributed by atoms with E-state index in [9.17, 15) is 9.59 Å². The zero-order chi connectivity index (χ0) is 20.6. The molecule has 0 saturated carbocycles. The Bertz CT molecular complexity index is 829. The molecule has 1 aliphatic rings. The molecule has 2 aromatic carbocycles. The number of benzene rings is 2. The second-order valence-corrected chi connectivity index (χ2v) is 6.80. The predicted octanol–water partition coefficient (Wildman–Crippen LogP) is 2.27. The summed E-state index contributed by atoms with van der Waals surface area (Å²) in [6.45, 7) is 3.98. The number of carbonyl (C=O) groups is 2. The fourth-order valence-electron chi connectivity index (χ4n) is 3.14. The monoisotopic (exact) mass is 398 g/mol. The Morgan fingerprint density at radius 2 is 1.62 bits per heavy atom. The third-order valence-corrected chi connectivity index (χ3v) is 4.79. The first-order valence-electron chi connectivity index (χ1n) is 9.57. The number of para-hydroxylation sites is 2. The van der Waals surface area contributed by atoms with Crippen LogP contribution in [0.15, 0.2) is 48.5 Å². The summed E-state index contributed by atoms with van der Waals surface area (Å²) < 4.78 is 15.8. The van der Waals surface area contributed by atoms with Crippen molar-refractivity contribution in [1.82, 2.24) is 4.90 Å². The number of ether oxygens (including phenoxy) is 3. The van der Waals surface area contributed by atoms with Gasteiger partial charge in [-0.1, -0.05) is 29.8 Å². The van der Waals surface area contributed by atoms with Gasteiger partial charge in [0, 0.05) is 26.2 Å². The van der Waals surface area contributed by atoms with Crippen molar-refractivity contribution in [2.24, 2.45) is 0 Å². The SMILES string of the molecule is COc1ccccc1N1CCN(C(=O)COC(=O)COc2ccc(C)cc2)CC1. The van der Waals surface area contributed by atoms with Crippen LogP contribution in [-0.4, -0.2) is 63.3 Å². The molecule has 3 rings (SSSR count). The van der Waals surface area contributed by atoms with Gasteiger partial charge < -0.3 is 24.0 Å². The number of anilines is 1. The van der Waals surface area contributed by atoms with E-state index in [1.54, 1.807) is 24.1 Å². The summed E-state index contributed by atoms with van der Waals surface area (Å²) in [5.74, 6) is 0.640. The minimum absolute atomic E-state index is 0.201. The van der Waals surface area contributed by atoms with Crippen molar-refractivity contribution in [3.8, 4) is 11.5 Å². The van der Waals surface area contributed by atoms with Crippen molar-refractivity contribution in [1.29, 1.82) is 0 Å². The van der Waals surface area contributed by atoms with Crippen LogP contribution in [-0.2, 0) is 14.3 Å². The Kier molecular flexibility index (Phi) is 6.94. The summed E-state index contributed by atoms with van der Waals surface area (Å²) in [6, 6.07) is 15.2. The van der Waals surface area contributed by atoms with Crippen LogP contribution in [0.3, 0.4) is 0 Å². The van der Waals surface area contributed by atoms with Gasteiger partial charge in [0.25, 0.3) is 5.91 Å². The molecule has 0 N–H and O–H groups in total. The van der Waals surface area contributed by atoms with E-state index < -0.39 is 5.97 Å². The maximum absolute atomic E-state index is 12.3. The highest BCUT2D eigenvalue weighted by Gasteiger charge is 2.23. The summed E-state index contributed by atoms with van der Waals surface area (Å²) in [7, 11) is 1.65. The molecule has 1 aliphatic heterocycles. The summed E-state index contributed by atoms with van der Waals surface area (Å²) in [4.78, 5) is 28.1. The number of rotatable bonds is 7. The van der Waals surface area contributed by atoms with Gasteiger partial charge >= 0.3 is 5.97 Å². The Morgan fingerprint density at radius 3 is 2.31 bits per heavy atom. The van der Waals surface area contributed by atoms with E-state index in [0.29, 0.717) is 31.9 Å². The molecule has 0 aliphatic carbocycles. The standard InChI is InChI=1S/C22H26N2O5/c1-17-7-9-18(10-8-17)28-16-22(26)29-15-21(25)24-13-11-23(12-14-24)19-5-3-4-6-20(19)27-2/h3-10H,11-16H2,1-2H3. The third-order valence-electron chi connectivity index (χ3n) is 4.79. The number of hydrogen-bond donors (Lipinski definition) is 0. The van der Waals surface area contributed by atoms with Crippen LogP contribution in [0.1, 0.15) is 5.56 Å². The highest BCUT2D eigenvalue weighted by Crippen LogP contribution is 2.28. The number of methoxy groups -OCH3 is 1. The maximum Gasteiger partial charge on any atom is 0.344 e. The molecule has 7 heteroatoms. The molecule has 1 saturated heterocycles. The topological polar surface area (TPSA) is 68.3 Å². The first-order valence-corrected chi connectivity index (χ1v) is 9.57. The summed E-state index contributed by atoms with van der Waals surface area (Å²) in [5, 5.41) is 0. The molecule has 154 valence electrons. The van der Waals surface area contributed by atoms with Crippen LogP contribution in [0, 0.1) is 6.92 Å². The van der Waals surface area contributed by atoms with Gasteiger partial charge in [-0.25, -0.2) is 4.79 Å². The van der Waals surface area contributed by atoms with Crippen molar-refractivity contribution in [2.45, 2.75) is 6.92 Å². The predicted molar refractivity (Wildman–Crippen MR) is 109 cm³/mol. The van der Waals surface area contributed by atoms with Gasteiger partial charge in [0.05, 0.1) is 12.8 Å². The Labute approximate surface area is 170 Å². The van der Waals surface area contributed by atoms with Gasteiger partial charge in [-0.05, 0) is 31.2 Å². The number of hydrogen-bond acceptors (Lipinski definition) is 6. The van der Waals surface area contributed by atoms with Crippen LogP contribution in [0.25, 0.3) is 0 Å².